The summed E-state index contributed by atoms with van der Waals surface area (Å²) >= 11 is 0. The number of fused-ring (bicyclic) bond motifs is 1. The SMILES string of the molecule is Cn1c(=O)oc2cc(CC(=O)Nc3ccn(Cc4ccc(F)c(F)c4)n3)ccc21. The maximum absolute atomic E-state index is 13.3. The molecule has 29 heavy (non-hydrogen) atoms. The number of benzene rings is 2. The van der Waals surface area contributed by atoms with Crippen LogP contribution in [0, 0.1) is 11.6 Å². The summed E-state index contributed by atoms with van der Waals surface area (Å²) in [6.45, 7) is 0.233. The van der Waals surface area contributed by atoms with E-state index in [1.807, 2.05) is 0 Å². The number of anilines is 1. The maximum atomic E-state index is 13.3. The maximum Gasteiger partial charge on any atom is 0.419 e. The molecule has 0 saturated heterocycles. The van der Waals surface area contributed by atoms with Gasteiger partial charge in [0, 0.05) is 19.3 Å². The van der Waals surface area contributed by atoms with E-state index in [4.69, 9.17) is 4.42 Å². The Bertz CT molecular complexity index is 1270. The molecule has 0 aliphatic carbocycles. The molecule has 0 aliphatic heterocycles. The highest BCUT2D eigenvalue weighted by atomic mass is 19.2. The van der Waals surface area contributed by atoms with Gasteiger partial charge in [0.2, 0.25) is 5.91 Å². The molecule has 1 amide bonds. The van der Waals surface area contributed by atoms with Gasteiger partial charge in [-0.3, -0.25) is 14.0 Å². The molecule has 0 saturated carbocycles. The Morgan fingerprint density at radius 1 is 1.10 bits per heavy atom. The Labute approximate surface area is 163 Å². The van der Waals surface area contributed by atoms with Crippen LogP contribution in [-0.2, 0) is 24.8 Å². The smallest absolute Gasteiger partial charge is 0.408 e. The lowest BCUT2D eigenvalue weighted by Gasteiger charge is -2.04. The Morgan fingerprint density at radius 2 is 1.90 bits per heavy atom. The number of hydrogen-bond acceptors (Lipinski definition) is 4. The number of amides is 1. The molecule has 2 aromatic carbocycles. The van der Waals surface area contributed by atoms with Gasteiger partial charge in [0.15, 0.2) is 23.0 Å². The van der Waals surface area contributed by atoms with Crippen LogP contribution in [0.4, 0.5) is 14.6 Å². The van der Waals surface area contributed by atoms with Crippen molar-refractivity contribution in [2.75, 3.05) is 5.32 Å². The third kappa shape index (κ3) is 3.93. The molecule has 4 rings (SSSR count). The minimum absolute atomic E-state index is 0.0740. The summed E-state index contributed by atoms with van der Waals surface area (Å²) in [6.07, 6.45) is 1.70. The van der Waals surface area contributed by atoms with E-state index in [0.717, 1.165) is 12.1 Å². The summed E-state index contributed by atoms with van der Waals surface area (Å²) in [7, 11) is 1.61. The summed E-state index contributed by atoms with van der Waals surface area (Å²) in [5.41, 5.74) is 2.29. The summed E-state index contributed by atoms with van der Waals surface area (Å²) in [6, 6.07) is 10.4. The Hall–Kier alpha value is -3.75. The first-order valence-electron chi connectivity index (χ1n) is 8.75. The number of rotatable bonds is 5. The highest BCUT2D eigenvalue weighted by molar-refractivity contribution is 5.91. The fourth-order valence-corrected chi connectivity index (χ4v) is 3.00. The van der Waals surface area contributed by atoms with Crippen molar-refractivity contribution >= 4 is 22.8 Å². The first kappa shape index (κ1) is 18.6. The van der Waals surface area contributed by atoms with Crippen LogP contribution in [0.3, 0.4) is 0 Å². The van der Waals surface area contributed by atoms with Gasteiger partial charge in [-0.25, -0.2) is 13.6 Å². The molecule has 2 heterocycles. The zero-order valence-electron chi connectivity index (χ0n) is 15.4. The van der Waals surface area contributed by atoms with Gasteiger partial charge in [-0.2, -0.15) is 5.10 Å². The van der Waals surface area contributed by atoms with Crippen LogP contribution in [-0.4, -0.2) is 20.3 Å². The molecular formula is C20H16F2N4O3. The van der Waals surface area contributed by atoms with Crippen LogP contribution in [0.2, 0.25) is 0 Å². The van der Waals surface area contributed by atoms with Crippen LogP contribution in [0.15, 0.2) is 57.9 Å². The number of hydrogen-bond donors (Lipinski definition) is 1. The van der Waals surface area contributed by atoms with E-state index < -0.39 is 17.4 Å². The molecule has 0 atom stereocenters. The number of aryl methyl sites for hydroxylation is 1. The molecule has 1 N–H and O–H groups in total. The average Bonchev–Trinajstić information content (AvgIpc) is 3.22. The Kier molecular flexibility index (Phi) is 4.71. The van der Waals surface area contributed by atoms with Gasteiger partial charge in [-0.15, -0.1) is 0 Å². The molecule has 0 bridgehead atoms. The molecule has 0 radical (unpaired) electrons. The topological polar surface area (TPSA) is 82.1 Å². The number of aromatic nitrogens is 3. The van der Waals surface area contributed by atoms with Crippen LogP contribution in [0.5, 0.6) is 0 Å². The molecule has 0 fully saturated rings. The number of carbonyl (C=O) groups excluding carboxylic acids is 1. The lowest BCUT2D eigenvalue weighted by molar-refractivity contribution is -0.115. The van der Waals surface area contributed by atoms with Crippen molar-refractivity contribution in [2.24, 2.45) is 7.05 Å². The largest absolute Gasteiger partial charge is 0.419 e. The quantitative estimate of drug-likeness (QED) is 0.561. The second-order valence-electron chi connectivity index (χ2n) is 6.60. The average molecular weight is 398 g/mol. The molecule has 2 aromatic heterocycles. The van der Waals surface area contributed by atoms with Crippen molar-refractivity contribution in [3.05, 3.63) is 82.0 Å². The number of halogens is 2. The molecule has 0 aliphatic rings. The number of carbonyl (C=O) groups is 1. The van der Waals surface area contributed by atoms with E-state index in [0.29, 0.717) is 28.0 Å². The standard InChI is InChI=1S/C20H16F2N4O3/c1-25-16-5-3-12(9-17(16)29-20(25)28)10-19(27)23-18-6-7-26(24-18)11-13-2-4-14(21)15(22)8-13/h2-9H,10-11H2,1H3,(H,23,24,27). The minimum atomic E-state index is -0.922. The Balaban J connectivity index is 1.41. The molecule has 0 spiro atoms. The lowest BCUT2D eigenvalue weighted by atomic mass is 10.1. The molecule has 148 valence electrons. The summed E-state index contributed by atoms with van der Waals surface area (Å²) < 4.78 is 34.3. The predicted molar refractivity (Wildman–Crippen MR) is 101 cm³/mol. The van der Waals surface area contributed by atoms with Crippen molar-refractivity contribution < 1.29 is 18.0 Å². The lowest BCUT2D eigenvalue weighted by Crippen LogP contribution is -2.15. The van der Waals surface area contributed by atoms with Gasteiger partial charge < -0.3 is 9.73 Å². The van der Waals surface area contributed by atoms with Gasteiger partial charge in [-0.1, -0.05) is 12.1 Å². The fraction of sp³-hybridized carbons (Fsp3) is 0.150. The van der Waals surface area contributed by atoms with Crippen LogP contribution < -0.4 is 11.1 Å². The van der Waals surface area contributed by atoms with Crippen LogP contribution in [0.1, 0.15) is 11.1 Å². The highest BCUT2D eigenvalue weighted by Gasteiger charge is 2.11. The summed E-state index contributed by atoms with van der Waals surface area (Å²) in [5.74, 6) is -2.25. The van der Waals surface area contributed by atoms with Crippen molar-refractivity contribution in [1.82, 2.24) is 14.3 Å². The number of nitrogens with one attached hydrogen (secondary N) is 1. The minimum Gasteiger partial charge on any atom is -0.408 e. The van der Waals surface area contributed by atoms with Gasteiger partial charge in [0.25, 0.3) is 0 Å². The van der Waals surface area contributed by atoms with E-state index in [9.17, 15) is 18.4 Å². The predicted octanol–water partition coefficient (Wildman–Crippen LogP) is 2.84. The van der Waals surface area contributed by atoms with Gasteiger partial charge in [-0.05, 0) is 35.4 Å². The van der Waals surface area contributed by atoms with E-state index in [-0.39, 0.29) is 18.9 Å². The van der Waals surface area contributed by atoms with Gasteiger partial charge in [0.1, 0.15) is 0 Å². The van der Waals surface area contributed by atoms with Crippen molar-refractivity contribution in [1.29, 1.82) is 0 Å². The summed E-state index contributed by atoms with van der Waals surface area (Å²) in [5, 5.41) is 6.89. The van der Waals surface area contributed by atoms with E-state index in [1.54, 1.807) is 37.5 Å². The van der Waals surface area contributed by atoms with Crippen molar-refractivity contribution in [2.45, 2.75) is 13.0 Å². The zero-order chi connectivity index (χ0) is 20.5. The van der Waals surface area contributed by atoms with Gasteiger partial charge >= 0.3 is 5.76 Å². The van der Waals surface area contributed by atoms with E-state index >= 15 is 0 Å². The first-order chi connectivity index (χ1) is 13.9. The third-order valence-corrected chi connectivity index (χ3v) is 4.46. The van der Waals surface area contributed by atoms with Gasteiger partial charge in [0.05, 0.1) is 18.5 Å². The number of oxazole rings is 1. The number of nitrogens with zero attached hydrogens (tertiary/aromatic N) is 3. The normalized spacial score (nSPS) is 11.1. The second kappa shape index (κ2) is 7.34. The third-order valence-electron chi connectivity index (χ3n) is 4.46. The van der Waals surface area contributed by atoms with Crippen LogP contribution >= 0.6 is 0 Å². The molecular weight excluding hydrogens is 382 g/mol. The Morgan fingerprint density at radius 3 is 2.69 bits per heavy atom. The first-order valence-corrected chi connectivity index (χ1v) is 8.75. The van der Waals surface area contributed by atoms with Crippen LogP contribution in [0.25, 0.3) is 11.1 Å². The monoisotopic (exact) mass is 398 g/mol. The molecule has 7 nitrogen and oxygen atoms in total. The fourth-order valence-electron chi connectivity index (χ4n) is 3.00. The highest BCUT2D eigenvalue weighted by Crippen LogP contribution is 2.15. The summed E-state index contributed by atoms with van der Waals surface area (Å²) in [4.78, 5) is 23.8. The molecule has 0 unspecified atom stereocenters. The second-order valence-corrected chi connectivity index (χ2v) is 6.60. The molecule has 4 aromatic rings. The van der Waals surface area contributed by atoms with Crippen molar-refractivity contribution in [3.63, 3.8) is 0 Å². The van der Waals surface area contributed by atoms with E-state index in [1.165, 1.54) is 15.3 Å². The van der Waals surface area contributed by atoms with Crippen molar-refractivity contribution in [3.8, 4) is 0 Å². The zero-order valence-corrected chi connectivity index (χ0v) is 15.4. The van der Waals surface area contributed by atoms with E-state index in [2.05, 4.69) is 10.4 Å². The molecule has 9 heteroatoms.